The van der Waals surface area contributed by atoms with E-state index in [1.54, 1.807) is 14.2 Å². The number of nitrogens with zero attached hydrogens (tertiary/aromatic N) is 2. The highest BCUT2D eigenvalue weighted by atomic mass is 16.5. The average molecular weight is 352 g/mol. The van der Waals surface area contributed by atoms with Crippen LogP contribution in [0.15, 0.2) is 30.6 Å². The Balaban J connectivity index is 1.59. The molecule has 1 aromatic heterocycles. The zero-order valence-electron chi connectivity index (χ0n) is 15.9. The third-order valence-electron chi connectivity index (χ3n) is 5.52. The van der Waals surface area contributed by atoms with E-state index in [2.05, 4.69) is 47.7 Å². The monoisotopic (exact) mass is 352 g/mol. The van der Waals surface area contributed by atoms with Gasteiger partial charge in [0.2, 0.25) is 0 Å². The predicted octanol–water partition coefficient (Wildman–Crippen LogP) is 2.27. The van der Waals surface area contributed by atoms with Gasteiger partial charge >= 0.3 is 0 Å². The van der Waals surface area contributed by atoms with Crippen LogP contribution in [0.25, 0.3) is 11.0 Å². The van der Waals surface area contributed by atoms with Crippen molar-refractivity contribution in [1.82, 2.24) is 9.55 Å². The van der Waals surface area contributed by atoms with E-state index in [1.807, 2.05) is 6.33 Å². The molecule has 1 unspecified atom stereocenters. The van der Waals surface area contributed by atoms with Crippen LogP contribution in [0.2, 0.25) is 0 Å². The van der Waals surface area contributed by atoms with Gasteiger partial charge in [-0.1, -0.05) is 0 Å². The molecule has 0 spiro atoms. The molecule has 0 amide bonds. The Labute approximate surface area is 154 Å². The summed E-state index contributed by atoms with van der Waals surface area (Å²) in [6.45, 7) is 7.32. The molecule has 3 aromatic rings. The zero-order valence-corrected chi connectivity index (χ0v) is 15.9. The standard InChI is InChI=1S/C21H25N3O2/c1-14-7-18-19(8-15(14)2)24(12-22-18)13-23-6-5-16-9-20(25-3)21(26-4)10-17(16)11-23/h7-10,12H,5-6,11,13H2,1-4H3/p+1. The predicted molar refractivity (Wildman–Crippen MR) is 102 cm³/mol. The van der Waals surface area contributed by atoms with Gasteiger partial charge in [0.15, 0.2) is 18.2 Å². The SMILES string of the molecule is COc1cc2c(cc1OC)C[NH+](Cn1cnc3cc(C)c(C)cc31)CC2. The fourth-order valence-electron chi connectivity index (χ4n) is 3.84. The highest BCUT2D eigenvalue weighted by Gasteiger charge is 2.23. The zero-order chi connectivity index (χ0) is 18.3. The van der Waals surface area contributed by atoms with E-state index in [9.17, 15) is 0 Å². The molecule has 1 atom stereocenters. The number of hydrogen-bond donors (Lipinski definition) is 1. The largest absolute Gasteiger partial charge is 0.493 e. The summed E-state index contributed by atoms with van der Waals surface area (Å²) < 4.78 is 13.2. The number of rotatable bonds is 4. The molecule has 2 aromatic carbocycles. The number of methoxy groups -OCH3 is 2. The van der Waals surface area contributed by atoms with Gasteiger partial charge in [-0.05, 0) is 54.8 Å². The molecule has 1 aliphatic heterocycles. The van der Waals surface area contributed by atoms with Gasteiger partial charge in [-0.15, -0.1) is 0 Å². The summed E-state index contributed by atoms with van der Waals surface area (Å²) in [5.74, 6) is 1.63. The summed E-state index contributed by atoms with van der Waals surface area (Å²) in [6.07, 6.45) is 3.02. The smallest absolute Gasteiger partial charge is 0.161 e. The molecule has 4 rings (SSSR count). The number of benzene rings is 2. The third-order valence-corrected chi connectivity index (χ3v) is 5.52. The molecule has 0 bridgehead atoms. The molecule has 0 aliphatic carbocycles. The Morgan fingerprint density at radius 1 is 1.00 bits per heavy atom. The summed E-state index contributed by atoms with van der Waals surface area (Å²) in [7, 11) is 3.39. The van der Waals surface area contributed by atoms with Crippen LogP contribution < -0.4 is 14.4 Å². The fourth-order valence-corrected chi connectivity index (χ4v) is 3.84. The third kappa shape index (κ3) is 2.92. The van der Waals surface area contributed by atoms with E-state index in [0.717, 1.165) is 43.2 Å². The number of hydrogen-bond acceptors (Lipinski definition) is 3. The van der Waals surface area contributed by atoms with E-state index < -0.39 is 0 Å². The lowest BCUT2D eigenvalue weighted by Gasteiger charge is -2.27. The molecule has 0 saturated carbocycles. The maximum atomic E-state index is 5.48. The lowest BCUT2D eigenvalue weighted by molar-refractivity contribution is -0.938. The molecule has 0 radical (unpaired) electrons. The Morgan fingerprint density at radius 2 is 1.69 bits per heavy atom. The van der Waals surface area contributed by atoms with Gasteiger partial charge in [-0.3, -0.25) is 4.57 Å². The lowest BCUT2D eigenvalue weighted by atomic mass is 9.99. The summed E-state index contributed by atoms with van der Waals surface area (Å²) in [6, 6.07) is 8.69. The minimum atomic E-state index is 0.812. The molecule has 0 saturated heterocycles. The normalized spacial score (nSPS) is 16.5. The molecule has 2 heterocycles. The Hall–Kier alpha value is -2.53. The van der Waals surface area contributed by atoms with Crippen molar-refractivity contribution in [2.24, 2.45) is 0 Å². The number of nitrogens with one attached hydrogen (secondary N) is 1. The van der Waals surface area contributed by atoms with Crippen molar-refractivity contribution >= 4 is 11.0 Å². The van der Waals surface area contributed by atoms with E-state index in [-0.39, 0.29) is 0 Å². The highest BCUT2D eigenvalue weighted by molar-refractivity contribution is 5.77. The van der Waals surface area contributed by atoms with Crippen LogP contribution in [0.3, 0.4) is 0 Å². The van der Waals surface area contributed by atoms with Crippen molar-refractivity contribution in [3.8, 4) is 11.5 Å². The van der Waals surface area contributed by atoms with E-state index in [1.165, 1.54) is 32.7 Å². The first-order valence-corrected chi connectivity index (χ1v) is 9.08. The maximum absolute atomic E-state index is 5.48. The minimum absolute atomic E-state index is 0.812. The molecule has 136 valence electrons. The van der Waals surface area contributed by atoms with Crippen LogP contribution in [-0.4, -0.2) is 30.3 Å². The van der Waals surface area contributed by atoms with Gasteiger partial charge in [0.1, 0.15) is 12.9 Å². The molecule has 5 nitrogen and oxygen atoms in total. The van der Waals surface area contributed by atoms with Crippen LogP contribution in [0.4, 0.5) is 0 Å². The average Bonchev–Trinajstić information content (AvgIpc) is 3.02. The molecule has 26 heavy (non-hydrogen) atoms. The second-order valence-corrected chi connectivity index (χ2v) is 7.20. The van der Waals surface area contributed by atoms with E-state index >= 15 is 0 Å². The number of ether oxygens (including phenoxy) is 2. The Bertz CT molecular complexity index is 962. The molecular weight excluding hydrogens is 326 g/mol. The van der Waals surface area contributed by atoms with E-state index in [4.69, 9.17) is 9.47 Å². The van der Waals surface area contributed by atoms with Crippen LogP contribution >= 0.6 is 0 Å². The number of fused-ring (bicyclic) bond motifs is 2. The molecule has 5 heteroatoms. The lowest BCUT2D eigenvalue weighted by Crippen LogP contribution is -3.11. The quantitative estimate of drug-likeness (QED) is 0.783. The fraction of sp³-hybridized carbons (Fsp3) is 0.381. The minimum Gasteiger partial charge on any atom is -0.493 e. The highest BCUT2D eigenvalue weighted by Crippen LogP contribution is 2.31. The van der Waals surface area contributed by atoms with Gasteiger partial charge in [-0.2, -0.15) is 0 Å². The second-order valence-electron chi connectivity index (χ2n) is 7.20. The van der Waals surface area contributed by atoms with E-state index in [0.29, 0.717) is 0 Å². The molecule has 1 aliphatic rings. The van der Waals surface area contributed by atoms with Gasteiger partial charge in [-0.25, -0.2) is 4.98 Å². The van der Waals surface area contributed by atoms with Gasteiger partial charge < -0.3 is 14.4 Å². The summed E-state index contributed by atoms with van der Waals surface area (Å²) in [4.78, 5) is 6.12. The molecule has 0 fully saturated rings. The van der Waals surface area contributed by atoms with Crippen molar-refractivity contribution in [3.05, 3.63) is 52.8 Å². The van der Waals surface area contributed by atoms with Crippen LogP contribution in [0, 0.1) is 13.8 Å². The van der Waals surface area contributed by atoms with Crippen molar-refractivity contribution in [3.63, 3.8) is 0 Å². The number of quaternary nitrogens is 1. The number of aromatic nitrogens is 2. The van der Waals surface area contributed by atoms with Gasteiger partial charge in [0, 0.05) is 12.0 Å². The van der Waals surface area contributed by atoms with Gasteiger partial charge in [0.05, 0.1) is 31.8 Å². The van der Waals surface area contributed by atoms with Crippen molar-refractivity contribution in [2.45, 2.75) is 33.5 Å². The molecule has 1 N–H and O–H groups in total. The number of aryl methyl sites for hydroxylation is 2. The van der Waals surface area contributed by atoms with Crippen molar-refractivity contribution in [2.75, 3.05) is 20.8 Å². The summed E-state index contributed by atoms with van der Waals surface area (Å²) in [5, 5.41) is 0. The summed E-state index contributed by atoms with van der Waals surface area (Å²) in [5.41, 5.74) is 7.63. The summed E-state index contributed by atoms with van der Waals surface area (Å²) >= 11 is 0. The second kappa shape index (κ2) is 6.65. The first kappa shape index (κ1) is 16.9. The Morgan fingerprint density at radius 3 is 2.42 bits per heavy atom. The Kier molecular flexibility index (Phi) is 4.32. The van der Waals surface area contributed by atoms with Crippen molar-refractivity contribution < 1.29 is 14.4 Å². The van der Waals surface area contributed by atoms with Crippen LogP contribution in [0.5, 0.6) is 11.5 Å². The first-order chi connectivity index (χ1) is 12.6. The van der Waals surface area contributed by atoms with Crippen molar-refractivity contribution in [1.29, 1.82) is 0 Å². The van der Waals surface area contributed by atoms with Crippen LogP contribution in [-0.2, 0) is 19.6 Å². The number of imidazole rings is 1. The maximum Gasteiger partial charge on any atom is 0.161 e. The van der Waals surface area contributed by atoms with Gasteiger partial charge in [0.25, 0.3) is 0 Å². The topological polar surface area (TPSA) is 40.7 Å². The first-order valence-electron chi connectivity index (χ1n) is 9.08. The van der Waals surface area contributed by atoms with Crippen LogP contribution in [0.1, 0.15) is 22.3 Å². The molecular formula is C21H26N3O2+.